The van der Waals surface area contributed by atoms with E-state index in [4.69, 9.17) is 10.00 Å². The smallest absolute Gasteiger partial charge is 0.302 e. The van der Waals surface area contributed by atoms with Gasteiger partial charge < -0.3 is 4.74 Å². The van der Waals surface area contributed by atoms with Crippen LogP contribution in [0.5, 0.6) is 0 Å². The summed E-state index contributed by atoms with van der Waals surface area (Å²) < 4.78 is 28.8. The molecule has 0 fully saturated rings. The summed E-state index contributed by atoms with van der Waals surface area (Å²) in [5.41, 5.74) is 0.838. The number of benzene rings is 1. The Morgan fingerprint density at radius 3 is 2.78 bits per heavy atom. The van der Waals surface area contributed by atoms with Crippen LogP contribution in [0.3, 0.4) is 0 Å². The molecular weight excluding hydrogens is 254 g/mol. The van der Waals surface area contributed by atoms with Crippen LogP contribution < -0.4 is 0 Å². The van der Waals surface area contributed by atoms with Gasteiger partial charge in [0.25, 0.3) is 0 Å². The van der Waals surface area contributed by atoms with E-state index in [1.54, 1.807) is 0 Å². The lowest BCUT2D eigenvalue weighted by atomic mass is 10.1. The SMILES string of the molecule is CC(=O)OCC1=Cc2cc(C#N)ccc2S1(=O)=O. The monoisotopic (exact) mass is 263 g/mol. The number of carbonyl (C=O) groups is 1. The third-order valence-corrected chi connectivity index (χ3v) is 4.38. The number of rotatable bonds is 2. The summed E-state index contributed by atoms with van der Waals surface area (Å²) in [7, 11) is -3.59. The highest BCUT2D eigenvalue weighted by molar-refractivity contribution is 7.95. The number of ether oxygens (including phenoxy) is 1. The van der Waals surface area contributed by atoms with Crippen molar-refractivity contribution in [3.63, 3.8) is 0 Å². The van der Waals surface area contributed by atoms with Crippen LogP contribution in [0.4, 0.5) is 0 Å². The Labute approximate surface area is 104 Å². The minimum atomic E-state index is -3.59. The maximum atomic E-state index is 12.1. The van der Waals surface area contributed by atoms with Crippen molar-refractivity contribution in [2.45, 2.75) is 11.8 Å². The van der Waals surface area contributed by atoms with Crippen molar-refractivity contribution in [1.82, 2.24) is 0 Å². The molecular formula is C12H9NO4S. The van der Waals surface area contributed by atoms with Crippen LogP contribution >= 0.6 is 0 Å². The lowest BCUT2D eigenvalue weighted by molar-refractivity contribution is -0.139. The normalized spacial score (nSPS) is 15.4. The maximum Gasteiger partial charge on any atom is 0.302 e. The molecule has 92 valence electrons. The molecule has 0 amide bonds. The van der Waals surface area contributed by atoms with Gasteiger partial charge in [-0.25, -0.2) is 8.42 Å². The number of esters is 1. The van der Waals surface area contributed by atoms with E-state index in [0.717, 1.165) is 0 Å². The largest absolute Gasteiger partial charge is 0.460 e. The van der Waals surface area contributed by atoms with Gasteiger partial charge in [-0.15, -0.1) is 0 Å². The summed E-state index contributed by atoms with van der Waals surface area (Å²) in [5, 5.41) is 8.75. The number of hydrogen-bond donors (Lipinski definition) is 0. The van der Waals surface area contributed by atoms with Crippen LogP contribution in [0, 0.1) is 11.3 Å². The van der Waals surface area contributed by atoms with Crippen LogP contribution in [0.25, 0.3) is 6.08 Å². The molecule has 5 nitrogen and oxygen atoms in total. The van der Waals surface area contributed by atoms with Gasteiger partial charge in [-0.05, 0) is 29.8 Å². The zero-order valence-corrected chi connectivity index (χ0v) is 10.3. The first-order valence-electron chi connectivity index (χ1n) is 5.08. The Balaban J connectivity index is 2.43. The van der Waals surface area contributed by atoms with Gasteiger partial charge in [0.15, 0.2) is 0 Å². The minimum Gasteiger partial charge on any atom is -0.460 e. The maximum absolute atomic E-state index is 12.1. The standard InChI is InChI=1S/C12H9NO4S/c1-8(14)17-7-11-5-10-4-9(6-13)2-3-12(10)18(11,15)16/h2-5H,7H2,1H3. The molecule has 2 rings (SSSR count). The average Bonchev–Trinajstić information content (AvgIpc) is 2.57. The highest BCUT2D eigenvalue weighted by Crippen LogP contribution is 2.33. The summed E-state index contributed by atoms with van der Waals surface area (Å²) in [6.45, 7) is 0.928. The Hall–Kier alpha value is -2.13. The molecule has 0 N–H and O–H groups in total. The van der Waals surface area contributed by atoms with E-state index in [1.165, 1.54) is 31.2 Å². The van der Waals surface area contributed by atoms with Crippen molar-refractivity contribution in [2.75, 3.05) is 6.61 Å². The molecule has 1 aromatic carbocycles. The average molecular weight is 263 g/mol. The molecule has 0 saturated heterocycles. The number of nitriles is 1. The highest BCUT2D eigenvalue weighted by atomic mass is 32.2. The number of carbonyl (C=O) groups excluding carboxylic acids is 1. The van der Waals surface area contributed by atoms with E-state index in [-0.39, 0.29) is 16.4 Å². The van der Waals surface area contributed by atoms with Crippen molar-refractivity contribution < 1.29 is 17.9 Å². The van der Waals surface area contributed by atoms with Crippen LogP contribution in [-0.4, -0.2) is 21.0 Å². The molecule has 0 spiro atoms. The van der Waals surface area contributed by atoms with Crippen LogP contribution in [0.1, 0.15) is 18.1 Å². The Bertz CT molecular complexity index is 695. The summed E-state index contributed by atoms with van der Waals surface area (Å²) in [4.78, 5) is 10.9. The van der Waals surface area contributed by atoms with E-state index < -0.39 is 15.8 Å². The van der Waals surface area contributed by atoms with Gasteiger partial charge in [-0.1, -0.05) is 0 Å². The fraction of sp³-hybridized carbons (Fsp3) is 0.167. The first kappa shape index (κ1) is 12.3. The van der Waals surface area contributed by atoms with E-state index in [0.29, 0.717) is 11.1 Å². The molecule has 1 aromatic rings. The molecule has 0 aliphatic carbocycles. The topological polar surface area (TPSA) is 84.2 Å². The third kappa shape index (κ3) is 2.00. The first-order chi connectivity index (χ1) is 8.45. The summed E-state index contributed by atoms with van der Waals surface area (Å²) >= 11 is 0. The Kier molecular flexibility index (Phi) is 2.93. The lowest BCUT2D eigenvalue weighted by Gasteiger charge is -2.03. The molecule has 18 heavy (non-hydrogen) atoms. The lowest BCUT2D eigenvalue weighted by Crippen LogP contribution is -2.09. The van der Waals surface area contributed by atoms with Gasteiger partial charge in [-0.2, -0.15) is 5.26 Å². The van der Waals surface area contributed by atoms with E-state index in [9.17, 15) is 13.2 Å². The summed E-state index contributed by atoms with van der Waals surface area (Å²) in [6, 6.07) is 6.27. The van der Waals surface area contributed by atoms with Crippen molar-refractivity contribution in [2.24, 2.45) is 0 Å². The highest BCUT2D eigenvalue weighted by Gasteiger charge is 2.30. The second kappa shape index (κ2) is 4.27. The van der Waals surface area contributed by atoms with Crippen LogP contribution in [-0.2, 0) is 19.4 Å². The molecule has 0 unspecified atom stereocenters. The molecule has 0 aromatic heterocycles. The summed E-state index contributed by atoms with van der Waals surface area (Å²) in [6.07, 6.45) is 1.43. The van der Waals surface area contributed by atoms with E-state index >= 15 is 0 Å². The fourth-order valence-corrected chi connectivity index (χ4v) is 3.11. The molecule has 0 radical (unpaired) electrons. The quantitative estimate of drug-likeness (QED) is 0.750. The zero-order chi connectivity index (χ0) is 13.3. The first-order valence-corrected chi connectivity index (χ1v) is 6.56. The zero-order valence-electron chi connectivity index (χ0n) is 9.50. The van der Waals surface area contributed by atoms with Gasteiger partial charge >= 0.3 is 5.97 Å². The van der Waals surface area contributed by atoms with Gasteiger partial charge in [0.2, 0.25) is 9.84 Å². The van der Waals surface area contributed by atoms with E-state index in [2.05, 4.69) is 0 Å². The second-order valence-corrected chi connectivity index (χ2v) is 5.73. The number of hydrogen-bond acceptors (Lipinski definition) is 5. The minimum absolute atomic E-state index is 0.0304. The van der Waals surface area contributed by atoms with Gasteiger partial charge in [-0.3, -0.25) is 4.79 Å². The molecule has 1 heterocycles. The van der Waals surface area contributed by atoms with Gasteiger partial charge in [0.05, 0.1) is 21.4 Å². The molecule has 6 heteroatoms. The number of sulfone groups is 1. The van der Waals surface area contributed by atoms with Crippen molar-refractivity contribution in [3.05, 3.63) is 34.2 Å². The molecule has 0 bridgehead atoms. The number of nitrogens with zero attached hydrogens (tertiary/aromatic N) is 1. The third-order valence-electron chi connectivity index (χ3n) is 2.51. The predicted molar refractivity (Wildman–Crippen MR) is 63.0 cm³/mol. The van der Waals surface area contributed by atoms with Crippen LogP contribution in [0.15, 0.2) is 28.0 Å². The Morgan fingerprint density at radius 1 is 1.44 bits per heavy atom. The predicted octanol–water partition coefficient (Wildman–Crippen LogP) is 1.25. The fourth-order valence-electron chi connectivity index (χ4n) is 1.66. The molecule has 0 saturated carbocycles. The number of fused-ring (bicyclic) bond motifs is 1. The second-order valence-electron chi connectivity index (χ2n) is 3.76. The molecule has 0 atom stereocenters. The van der Waals surface area contributed by atoms with Crippen LogP contribution in [0.2, 0.25) is 0 Å². The van der Waals surface area contributed by atoms with Crippen molar-refractivity contribution in [3.8, 4) is 6.07 Å². The van der Waals surface area contributed by atoms with Crippen molar-refractivity contribution in [1.29, 1.82) is 5.26 Å². The Morgan fingerprint density at radius 2 is 2.17 bits per heavy atom. The van der Waals surface area contributed by atoms with Gasteiger partial charge in [0.1, 0.15) is 6.61 Å². The van der Waals surface area contributed by atoms with Crippen molar-refractivity contribution >= 4 is 21.9 Å². The summed E-state index contributed by atoms with van der Waals surface area (Å²) in [5.74, 6) is -0.542. The van der Waals surface area contributed by atoms with E-state index in [1.807, 2.05) is 6.07 Å². The van der Waals surface area contributed by atoms with Gasteiger partial charge in [0, 0.05) is 6.92 Å². The molecule has 1 aliphatic heterocycles. The molecule has 1 aliphatic rings.